The molecule has 0 atom stereocenters. The fourth-order valence-electron chi connectivity index (χ4n) is 1.66. The molecule has 0 aliphatic rings. The monoisotopic (exact) mass is 191 g/mol. The highest BCUT2D eigenvalue weighted by Crippen LogP contribution is 2.05. The molecule has 0 bridgehead atoms. The molecule has 0 saturated heterocycles. The Hall–Kier alpha value is -0.820. The number of hydrogen-bond acceptors (Lipinski definition) is 1. The molecule has 0 spiro atoms. The van der Waals surface area contributed by atoms with Crippen LogP contribution in [0.3, 0.4) is 0 Å². The normalized spacial score (nSPS) is 10.9. The van der Waals surface area contributed by atoms with Gasteiger partial charge in [0.25, 0.3) is 0 Å². The molecule has 78 valence electrons. The molecule has 0 saturated carbocycles. The number of hydrogen-bond donors (Lipinski definition) is 1. The van der Waals surface area contributed by atoms with Gasteiger partial charge in [0.15, 0.2) is 0 Å². The van der Waals surface area contributed by atoms with Crippen LogP contribution in [0, 0.1) is 6.92 Å². The van der Waals surface area contributed by atoms with Crippen LogP contribution in [0.15, 0.2) is 24.3 Å². The first-order valence-electron chi connectivity index (χ1n) is 5.55. The molecule has 0 heterocycles. The number of aryl methyl sites for hydroxylation is 1. The Bertz CT molecular complexity index is 264. The van der Waals surface area contributed by atoms with E-state index in [9.17, 15) is 0 Å². The quantitative estimate of drug-likeness (QED) is 0.753. The van der Waals surface area contributed by atoms with E-state index in [0.29, 0.717) is 6.04 Å². The van der Waals surface area contributed by atoms with Gasteiger partial charge >= 0.3 is 0 Å². The highest BCUT2D eigenvalue weighted by atomic mass is 14.9. The lowest BCUT2D eigenvalue weighted by Gasteiger charge is -2.14. The molecule has 1 nitrogen and oxygen atoms in total. The number of nitrogens with one attached hydrogen (secondary N) is 1. The highest BCUT2D eigenvalue weighted by Gasteiger charge is 2.01. The average Bonchev–Trinajstić information content (AvgIpc) is 2.19. The van der Waals surface area contributed by atoms with E-state index in [1.165, 1.54) is 24.0 Å². The van der Waals surface area contributed by atoms with Gasteiger partial charge in [0, 0.05) is 12.6 Å². The first kappa shape index (κ1) is 11.3. The summed E-state index contributed by atoms with van der Waals surface area (Å²) in [7, 11) is 0. The minimum absolute atomic E-state index is 0.663. The fourth-order valence-corrected chi connectivity index (χ4v) is 1.66. The van der Waals surface area contributed by atoms with Crippen molar-refractivity contribution in [2.45, 2.75) is 46.2 Å². The average molecular weight is 191 g/mol. The lowest BCUT2D eigenvalue weighted by Crippen LogP contribution is -2.26. The van der Waals surface area contributed by atoms with Crippen LogP contribution >= 0.6 is 0 Å². The summed E-state index contributed by atoms with van der Waals surface area (Å²) < 4.78 is 0. The molecule has 0 radical (unpaired) electrons. The molecule has 0 amide bonds. The van der Waals surface area contributed by atoms with Gasteiger partial charge in [-0.1, -0.05) is 43.7 Å². The lowest BCUT2D eigenvalue weighted by molar-refractivity contribution is 0.484. The predicted octanol–water partition coefficient (Wildman–Crippen LogP) is 3.27. The van der Waals surface area contributed by atoms with Crippen molar-refractivity contribution in [2.24, 2.45) is 0 Å². The molecule has 1 aromatic carbocycles. The van der Waals surface area contributed by atoms with Gasteiger partial charge in [0.1, 0.15) is 0 Å². The van der Waals surface area contributed by atoms with Crippen molar-refractivity contribution >= 4 is 0 Å². The predicted molar refractivity (Wildman–Crippen MR) is 62.4 cm³/mol. The summed E-state index contributed by atoms with van der Waals surface area (Å²) in [6, 6.07) is 9.35. The molecule has 1 rings (SSSR count). The summed E-state index contributed by atoms with van der Waals surface area (Å²) in [4.78, 5) is 0. The first-order chi connectivity index (χ1) is 6.76. The molecular weight excluding hydrogens is 170 g/mol. The van der Waals surface area contributed by atoms with Crippen molar-refractivity contribution in [3.05, 3.63) is 35.4 Å². The second kappa shape index (κ2) is 5.82. The van der Waals surface area contributed by atoms with E-state index in [0.717, 1.165) is 6.54 Å². The summed E-state index contributed by atoms with van der Waals surface area (Å²) in [5.74, 6) is 0. The third-order valence-corrected chi connectivity index (χ3v) is 2.66. The van der Waals surface area contributed by atoms with Crippen LogP contribution in [-0.2, 0) is 6.54 Å². The Labute approximate surface area is 87.5 Å². The van der Waals surface area contributed by atoms with E-state index >= 15 is 0 Å². The number of benzene rings is 1. The molecule has 0 fully saturated rings. The third kappa shape index (κ3) is 3.51. The topological polar surface area (TPSA) is 12.0 Å². The summed E-state index contributed by atoms with van der Waals surface area (Å²) in [6.45, 7) is 7.60. The molecule has 1 heteroatoms. The standard InChI is InChI=1S/C13H21N/c1-4-13(5-2)14-10-12-8-6-7-11(3)9-12/h6-9,13-14H,4-5,10H2,1-3H3. The van der Waals surface area contributed by atoms with Crippen molar-refractivity contribution in [1.82, 2.24) is 5.32 Å². The van der Waals surface area contributed by atoms with Crippen molar-refractivity contribution in [1.29, 1.82) is 0 Å². The van der Waals surface area contributed by atoms with Crippen LogP contribution in [0.25, 0.3) is 0 Å². The number of rotatable bonds is 5. The van der Waals surface area contributed by atoms with Gasteiger partial charge in [0.05, 0.1) is 0 Å². The Balaban J connectivity index is 2.44. The van der Waals surface area contributed by atoms with Gasteiger partial charge in [-0.15, -0.1) is 0 Å². The maximum absolute atomic E-state index is 3.56. The zero-order valence-corrected chi connectivity index (χ0v) is 9.51. The molecule has 0 unspecified atom stereocenters. The summed E-state index contributed by atoms with van der Waals surface area (Å²) in [5.41, 5.74) is 2.73. The molecule has 1 N–H and O–H groups in total. The molecule has 0 aliphatic heterocycles. The minimum Gasteiger partial charge on any atom is -0.310 e. The van der Waals surface area contributed by atoms with Gasteiger partial charge in [0.2, 0.25) is 0 Å². The van der Waals surface area contributed by atoms with Crippen LogP contribution < -0.4 is 5.32 Å². The zero-order chi connectivity index (χ0) is 10.4. The van der Waals surface area contributed by atoms with E-state index < -0.39 is 0 Å². The summed E-state index contributed by atoms with van der Waals surface area (Å²) in [6.07, 6.45) is 2.42. The smallest absolute Gasteiger partial charge is 0.0208 e. The lowest BCUT2D eigenvalue weighted by atomic mass is 10.1. The molecular formula is C13H21N. The van der Waals surface area contributed by atoms with Gasteiger partial charge < -0.3 is 5.32 Å². The van der Waals surface area contributed by atoms with Gasteiger partial charge in [-0.25, -0.2) is 0 Å². The SMILES string of the molecule is CCC(CC)NCc1cccc(C)c1. The van der Waals surface area contributed by atoms with Crippen molar-refractivity contribution < 1.29 is 0 Å². The Morgan fingerprint density at radius 2 is 1.93 bits per heavy atom. The van der Waals surface area contributed by atoms with Crippen LogP contribution in [0.5, 0.6) is 0 Å². The fraction of sp³-hybridized carbons (Fsp3) is 0.538. The maximum Gasteiger partial charge on any atom is 0.0208 e. The van der Waals surface area contributed by atoms with Gasteiger partial charge in [-0.2, -0.15) is 0 Å². The summed E-state index contributed by atoms with van der Waals surface area (Å²) in [5, 5.41) is 3.56. The highest BCUT2D eigenvalue weighted by molar-refractivity contribution is 5.21. The van der Waals surface area contributed by atoms with Crippen LogP contribution in [0.4, 0.5) is 0 Å². The summed E-state index contributed by atoms with van der Waals surface area (Å²) >= 11 is 0. The third-order valence-electron chi connectivity index (χ3n) is 2.66. The van der Waals surface area contributed by atoms with Crippen molar-refractivity contribution in [3.63, 3.8) is 0 Å². The van der Waals surface area contributed by atoms with E-state index in [1.807, 2.05) is 0 Å². The van der Waals surface area contributed by atoms with Crippen LogP contribution in [0.1, 0.15) is 37.8 Å². The second-order valence-electron chi connectivity index (χ2n) is 3.88. The minimum atomic E-state index is 0.663. The van der Waals surface area contributed by atoms with E-state index in [1.54, 1.807) is 0 Å². The maximum atomic E-state index is 3.56. The largest absolute Gasteiger partial charge is 0.310 e. The molecule has 0 aliphatic carbocycles. The molecule has 1 aromatic rings. The van der Waals surface area contributed by atoms with Crippen LogP contribution in [-0.4, -0.2) is 6.04 Å². The Kier molecular flexibility index (Phi) is 4.68. The van der Waals surface area contributed by atoms with Gasteiger partial charge in [-0.3, -0.25) is 0 Å². The van der Waals surface area contributed by atoms with E-state index in [4.69, 9.17) is 0 Å². The van der Waals surface area contributed by atoms with Crippen LogP contribution in [0.2, 0.25) is 0 Å². The molecule has 14 heavy (non-hydrogen) atoms. The van der Waals surface area contributed by atoms with Gasteiger partial charge in [-0.05, 0) is 25.3 Å². The first-order valence-corrected chi connectivity index (χ1v) is 5.55. The second-order valence-corrected chi connectivity index (χ2v) is 3.88. The zero-order valence-electron chi connectivity index (χ0n) is 9.51. The van der Waals surface area contributed by atoms with Crippen molar-refractivity contribution in [3.8, 4) is 0 Å². The van der Waals surface area contributed by atoms with E-state index in [2.05, 4.69) is 50.4 Å². The van der Waals surface area contributed by atoms with E-state index in [-0.39, 0.29) is 0 Å². The Morgan fingerprint density at radius 1 is 1.21 bits per heavy atom. The Morgan fingerprint density at radius 3 is 2.50 bits per heavy atom. The molecule has 0 aromatic heterocycles. The van der Waals surface area contributed by atoms with Crippen molar-refractivity contribution in [2.75, 3.05) is 0 Å².